The second-order valence-electron chi connectivity index (χ2n) is 5.93. The molecular formula is C19H20Cl2N2O3. The van der Waals surface area contributed by atoms with E-state index in [4.69, 9.17) is 27.9 Å². The van der Waals surface area contributed by atoms with Gasteiger partial charge in [0.1, 0.15) is 5.15 Å². The molecule has 1 aromatic carbocycles. The predicted molar refractivity (Wildman–Crippen MR) is 103 cm³/mol. The number of rotatable bonds is 6. The van der Waals surface area contributed by atoms with E-state index in [0.29, 0.717) is 11.6 Å². The zero-order valence-electron chi connectivity index (χ0n) is 14.8. The smallest absolute Gasteiger partial charge is 0.340 e. The van der Waals surface area contributed by atoms with Crippen molar-refractivity contribution in [3.63, 3.8) is 0 Å². The van der Waals surface area contributed by atoms with Gasteiger partial charge in [0.25, 0.3) is 5.91 Å². The molecule has 0 saturated heterocycles. The van der Waals surface area contributed by atoms with Crippen molar-refractivity contribution in [2.45, 2.75) is 39.2 Å². The van der Waals surface area contributed by atoms with Crippen LogP contribution in [0.15, 0.2) is 36.5 Å². The fourth-order valence-corrected chi connectivity index (χ4v) is 2.58. The van der Waals surface area contributed by atoms with Crippen LogP contribution in [0.1, 0.15) is 49.0 Å². The molecule has 0 unspecified atom stereocenters. The van der Waals surface area contributed by atoms with E-state index in [0.717, 1.165) is 12.0 Å². The summed E-state index contributed by atoms with van der Waals surface area (Å²) in [5.74, 6) is -0.817. The Hall–Kier alpha value is -2.11. The summed E-state index contributed by atoms with van der Waals surface area (Å²) in [4.78, 5) is 28.4. The number of carbonyl (C=O) groups is 2. The van der Waals surface area contributed by atoms with E-state index >= 15 is 0 Å². The van der Waals surface area contributed by atoms with Gasteiger partial charge in [-0.25, -0.2) is 9.78 Å². The Morgan fingerprint density at radius 3 is 2.58 bits per heavy atom. The number of hydrogen-bond acceptors (Lipinski definition) is 4. The maximum atomic E-state index is 12.4. The molecule has 138 valence electrons. The molecule has 2 aromatic rings. The van der Waals surface area contributed by atoms with Gasteiger partial charge in [0.2, 0.25) is 0 Å². The second-order valence-corrected chi connectivity index (χ2v) is 6.70. The molecule has 2 atom stereocenters. The summed E-state index contributed by atoms with van der Waals surface area (Å²) in [5.41, 5.74) is 1.88. The lowest BCUT2D eigenvalue weighted by Gasteiger charge is -2.18. The number of aromatic nitrogens is 1. The van der Waals surface area contributed by atoms with Crippen molar-refractivity contribution in [1.82, 2.24) is 4.98 Å². The van der Waals surface area contributed by atoms with Crippen molar-refractivity contribution in [1.29, 1.82) is 0 Å². The van der Waals surface area contributed by atoms with Crippen molar-refractivity contribution in [3.05, 3.63) is 57.8 Å². The maximum Gasteiger partial charge on any atom is 0.340 e. The Morgan fingerprint density at radius 2 is 1.92 bits per heavy atom. The van der Waals surface area contributed by atoms with Gasteiger partial charge in [-0.15, -0.1) is 0 Å². The highest BCUT2D eigenvalue weighted by molar-refractivity contribution is 6.41. The number of nitrogens with zero attached hydrogens (tertiary/aromatic N) is 1. The van der Waals surface area contributed by atoms with Gasteiger partial charge in [-0.05, 0) is 37.0 Å². The number of amides is 1. The molecule has 1 N–H and O–H groups in total. The van der Waals surface area contributed by atoms with Crippen molar-refractivity contribution < 1.29 is 14.3 Å². The monoisotopic (exact) mass is 394 g/mol. The van der Waals surface area contributed by atoms with Crippen molar-refractivity contribution in [2.24, 2.45) is 0 Å². The molecule has 0 bridgehead atoms. The van der Waals surface area contributed by atoms with E-state index in [9.17, 15) is 9.59 Å². The van der Waals surface area contributed by atoms with E-state index in [1.165, 1.54) is 19.2 Å². The van der Waals surface area contributed by atoms with Gasteiger partial charge in [-0.2, -0.15) is 0 Å². The van der Waals surface area contributed by atoms with Crippen LogP contribution in [-0.4, -0.2) is 23.0 Å². The Balaban J connectivity index is 2.06. The van der Waals surface area contributed by atoms with Gasteiger partial charge in [0.05, 0.1) is 10.6 Å². The minimum Gasteiger partial charge on any atom is -0.449 e. The van der Waals surface area contributed by atoms with E-state index in [-0.39, 0.29) is 15.7 Å². The highest BCUT2D eigenvalue weighted by Crippen LogP contribution is 2.26. The van der Waals surface area contributed by atoms with E-state index in [2.05, 4.69) is 24.1 Å². The van der Waals surface area contributed by atoms with Crippen LogP contribution in [0.2, 0.25) is 10.2 Å². The summed E-state index contributed by atoms with van der Waals surface area (Å²) in [7, 11) is 0. The lowest BCUT2D eigenvalue weighted by Crippen LogP contribution is -2.30. The third-order valence-corrected chi connectivity index (χ3v) is 4.73. The SMILES string of the molecule is CC[C@H](C)c1ccccc1NC(=O)[C@@H](C)OC(=O)c1cnc(Cl)c(Cl)c1. The Morgan fingerprint density at radius 1 is 1.23 bits per heavy atom. The molecule has 1 amide bonds. The van der Waals surface area contributed by atoms with Crippen molar-refractivity contribution >= 4 is 40.8 Å². The summed E-state index contributed by atoms with van der Waals surface area (Å²) in [6.45, 7) is 5.68. The Bertz CT molecular complexity index is 811. The number of para-hydroxylation sites is 1. The second kappa shape index (κ2) is 9.01. The molecule has 0 radical (unpaired) electrons. The van der Waals surface area contributed by atoms with Crippen LogP contribution in [0, 0.1) is 0 Å². The number of nitrogens with one attached hydrogen (secondary N) is 1. The van der Waals surface area contributed by atoms with E-state index < -0.39 is 18.0 Å². The molecule has 0 spiro atoms. The van der Waals surface area contributed by atoms with Crippen LogP contribution >= 0.6 is 23.2 Å². The first-order valence-electron chi connectivity index (χ1n) is 8.25. The molecule has 0 fully saturated rings. The van der Waals surface area contributed by atoms with Gasteiger partial charge in [0.15, 0.2) is 6.10 Å². The van der Waals surface area contributed by atoms with Crippen molar-refractivity contribution in [3.8, 4) is 0 Å². The molecule has 0 saturated carbocycles. The lowest BCUT2D eigenvalue weighted by molar-refractivity contribution is -0.123. The average Bonchev–Trinajstić information content (AvgIpc) is 2.63. The average molecular weight is 395 g/mol. The van der Waals surface area contributed by atoms with E-state index in [1.54, 1.807) is 0 Å². The van der Waals surface area contributed by atoms with Gasteiger partial charge < -0.3 is 10.1 Å². The predicted octanol–water partition coefficient (Wildman–Crippen LogP) is 5.09. The number of ether oxygens (including phenoxy) is 1. The lowest BCUT2D eigenvalue weighted by atomic mass is 9.97. The molecule has 2 rings (SSSR count). The zero-order chi connectivity index (χ0) is 19.3. The standard InChI is InChI=1S/C19H20Cl2N2O3/c1-4-11(2)14-7-5-6-8-16(14)23-18(24)12(3)26-19(25)13-9-15(20)17(21)22-10-13/h5-12H,4H2,1-3H3,(H,23,24)/t11-,12+/m0/s1. The number of hydrogen-bond donors (Lipinski definition) is 1. The van der Waals surface area contributed by atoms with Crippen LogP contribution in [-0.2, 0) is 9.53 Å². The summed E-state index contributed by atoms with van der Waals surface area (Å²) in [6, 6.07) is 8.93. The first kappa shape index (κ1) is 20.2. The van der Waals surface area contributed by atoms with Crippen LogP contribution in [0.25, 0.3) is 0 Å². The molecule has 1 heterocycles. The van der Waals surface area contributed by atoms with Gasteiger partial charge in [-0.1, -0.05) is 55.2 Å². The number of halogens is 2. The topological polar surface area (TPSA) is 68.3 Å². The minimum absolute atomic E-state index is 0.0932. The van der Waals surface area contributed by atoms with E-state index in [1.807, 2.05) is 24.3 Å². The van der Waals surface area contributed by atoms with Gasteiger partial charge >= 0.3 is 5.97 Å². The Labute approximate surface area is 162 Å². The molecule has 0 aliphatic carbocycles. The molecule has 7 heteroatoms. The first-order chi connectivity index (χ1) is 12.3. The molecular weight excluding hydrogens is 375 g/mol. The summed E-state index contributed by atoms with van der Waals surface area (Å²) >= 11 is 11.6. The minimum atomic E-state index is -0.984. The van der Waals surface area contributed by atoms with Crippen LogP contribution < -0.4 is 5.32 Å². The number of benzene rings is 1. The summed E-state index contributed by atoms with van der Waals surface area (Å²) < 4.78 is 5.20. The quantitative estimate of drug-likeness (QED) is 0.547. The molecule has 5 nitrogen and oxygen atoms in total. The fraction of sp³-hybridized carbons (Fsp3) is 0.316. The van der Waals surface area contributed by atoms with Gasteiger partial charge in [0, 0.05) is 11.9 Å². The normalized spacial score (nSPS) is 13.0. The van der Waals surface area contributed by atoms with Crippen LogP contribution in [0.5, 0.6) is 0 Å². The highest BCUT2D eigenvalue weighted by Gasteiger charge is 2.21. The number of esters is 1. The third kappa shape index (κ3) is 4.96. The van der Waals surface area contributed by atoms with Gasteiger partial charge in [-0.3, -0.25) is 4.79 Å². The number of anilines is 1. The fourth-order valence-electron chi connectivity index (χ4n) is 2.31. The zero-order valence-corrected chi connectivity index (χ0v) is 16.3. The molecule has 0 aliphatic rings. The summed E-state index contributed by atoms with van der Waals surface area (Å²) in [6.07, 6.45) is 1.21. The molecule has 26 heavy (non-hydrogen) atoms. The largest absolute Gasteiger partial charge is 0.449 e. The number of carbonyl (C=O) groups excluding carboxylic acids is 2. The third-order valence-electron chi connectivity index (χ3n) is 4.05. The molecule has 1 aromatic heterocycles. The molecule has 0 aliphatic heterocycles. The highest BCUT2D eigenvalue weighted by atomic mass is 35.5. The maximum absolute atomic E-state index is 12.4. The van der Waals surface area contributed by atoms with Crippen LogP contribution in [0.3, 0.4) is 0 Å². The first-order valence-corrected chi connectivity index (χ1v) is 9.00. The Kier molecular flexibility index (Phi) is 7.00. The summed E-state index contributed by atoms with van der Waals surface area (Å²) in [5, 5.41) is 3.06. The van der Waals surface area contributed by atoms with Crippen molar-refractivity contribution in [2.75, 3.05) is 5.32 Å². The van der Waals surface area contributed by atoms with Crippen LogP contribution in [0.4, 0.5) is 5.69 Å². The number of pyridine rings is 1.